The quantitative estimate of drug-likeness (QED) is 0.719. The van der Waals surface area contributed by atoms with Crippen LogP contribution in [-0.2, 0) is 9.47 Å². The molecule has 1 spiro atoms. The van der Waals surface area contributed by atoms with Crippen molar-refractivity contribution in [2.75, 3.05) is 13.7 Å². The highest BCUT2D eigenvalue weighted by molar-refractivity contribution is 5.28. The van der Waals surface area contributed by atoms with E-state index in [9.17, 15) is 10.2 Å². The van der Waals surface area contributed by atoms with Crippen molar-refractivity contribution in [1.82, 2.24) is 0 Å². The first-order valence-electron chi connectivity index (χ1n) is 7.57. The summed E-state index contributed by atoms with van der Waals surface area (Å²) in [5.41, 5.74) is 0.0469. The molecule has 4 nitrogen and oxygen atoms in total. The summed E-state index contributed by atoms with van der Waals surface area (Å²) in [5.74, 6) is 0.452. The normalized spacial score (nSPS) is 55.5. The first-order chi connectivity index (χ1) is 9.38. The van der Waals surface area contributed by atoms with E-state index in [-0.39, 0.29) is 17.4 Å². The minimum atomic E-state index is -0.579. The summed E-state index contributed by atoms with van der Waals surface area (Å²) in [6.45, 7) is 8.86. The van der Waals surface area contributed by atoms with E-state index in [1.165, 1.54) is 0 Å². The van der Waals surface area contributed by atoms with Crippen LogP contribution in [0.2, 0.25) is 0 Å². The molecule has 3 fully saturated rings. The van der Waals surface area contributed by atoms with Crippen LogP contribution in [0.15, 0.2) is 12.2 Å². The summed E-state index contributed by atoms with van der Waals surface area (Å²) >= 11 is 0. The summed E-state index contributed by atoms with van der Waals surface area (Å²) < 4.78 is 11.2. The maximum absolute atomic E-state index is 11.2. The van der Waals surface area contributed by atoms with Gasteiger partial charge in [-0.3, -0.25) is 0 Å². The average Bonchev–Trinajstić information content (AvgIpc) is 2.87. The molecular formula is C16H26O4. The molecule has 7 atom stereocenters. The number of hydrogen-bond acceptors (Lipinski definition) is 4. The van der Waals surface area contributed by atoms with Gasteiger partial charge in [0.1, 0.15) is 0 Å². The van der Waals surface area contributed by atoms with Crippen LogP contribution in [0.4, 0.5) is 0 Å². The minimum absolute atomic E-state index is 0.0809. The van der Waals surface area contributed by atoms with Gasteiger partial charge in [-0.05, 0) is 36.7 Å². The molecule has 2 aliphatic carbocycles. The molecule has 1 saturated heterocycles. The van der Waals surface area contributed by atoms with Gasteiger partial charge in [0, 0.05) is 12.5 Å². The van der Waals surface area contributed by atoms with Crippen LogP contribution in [0.1, 0.15) is 33.1 Å². The molecule has 0 aromatic heterocycles. The molecule has 4 heteroatoms. The number of methoxy groups -OCH3 is 1. The minimum Gasteiger partial charge on any atom is -0.393 e. The van der Waals surface area contributed by atoms with Gasteiger partial charge in [0.25, 0.3) is 0 Å². The van der Waals surface area contributed by atoms with Gasteiger partial charge >= 0.3 is 0 Å². The van der Waals surface area contributed by atoms with Crippen LogP contribution in [0, 0.1) is 22.7 Å². The first kappa shape index (κ1) is 14.5. The predicted molar refractivity (Wildman–Crippen MR) is 74.9 cm³/mol. The van der Waals surface area contributed by atoms with Gasteiger partial charge in [-0.15, -0.1) is 0 Å². The second-order valence-corrected chi connectivity index (χ2v) is 7.15. The molecule has 3 aliphatic rings. The first-order valence-corrected chi connectivity index (χ1v) is 7.57. The summed E-state index contributed by atoms with van der Waals surface area (Å²) in [4.78, 5) is 0. The summed E-state index contributed by atoms with van der Waals surface area (Å²) in [5, 5.41) is 21.6. The van der Waals surface area contributed by atoms with Crippen LogP contribution in [0.5, 0.6) is 0 Å². The monoisotopic (exact) mass is 282 g/mol. The Morgan fingerprint density at radius 3 is 2.65 bits per heavy atom. The molecule has 2 saturated carbocycles. The van der Waals surface area contributed by atoms with E-state index < -0.39 is 17.8 Å². The zero-order valence-electron chi connectivity index (χ0n) is 12.6. The van der Waals surface area contributed by atoms with E-state index in [4.69, 9.17) is 9.47 Å². The van der Waals surface area contributed by atoms with Crippen LogP contribution in [-0.4, -0.2) is 42.4 Å². The maximum Gasteiger partial charge on any atom is 0.169 e. The van der Waals surface area contributed by atoms with Crippen molar-refractivity contribution in [2.24, 2.45) is 22.7 Å². The van der Waals surface area contributed by atoms with E-state index in [1.807, 2.05) is 0 Å². The fraction of sp³-hybridized carbons (Fsp3) is 0.875. The van der Waals surface area contributed by atoms with Crippen molar-refractivity contribution in [3.05, 3.63) is 12.2 Å². The predicted octanol–water partition coefficient (Wildman–Crippen LogP) is 1.71. The van der Waals surface area contributed by atoms with Gasteiger partial charge < -0.3 is 19.7 Å². The van der Waals surface area contributed by atoms with Crippen molar-refractivity contribution in [3.8, 4) is 0 Å². The highest BCUT2D eigenvalue weighted by Crippen LogP contribution is 2.66. The molecule has 0 bridgehead atoms. The van der Waals surface area contributed by atoms with Gasteiger partial charge in [-0.25, -0.2) is 0 Å². The number of rotatable bonds is 1. The smallest absolute Gasteiger partial charge is 0.169 e. The van der Waals surface area contributed by atoms with Gasteiger partial charge in [-0.1, -0.05) is 20.4 Å². The third-order valence-corrected chi connectivity index (χ3v) is 6.56. The molecule has 1 aliphatic heterocycles. The van der Waals surface area contributed by atoms with Gasteiger partial charge in [0.15, 0.2) is 6.29 Å². The Kier molecular flexibility index (Phi) is 3.29. The second kappa shape index (κ2) is 4.54. The Bertz CT molecular complexity index is 423. The third kappa shape index (κ3) is 1.51. The Morgan fingerprint density at radius 1 is 1.35 bits per heavy atom. The fourth-order valence-electron chi connectivity index (χ4n) is 5.04. The van der Waals surface area contributed by atoms with Crippen LogP contribution < -0.4 is 0 Å². The molecular weight excluding hydrogens is 256 g/mol. The number of aliphatic hydroxyl groups excluding tert-OH is 2. The largest absolute Gasteiger partial charge is 0.393 e. The van der Waals surface area contributed by atoms with E-state index in [0.717, 1.165) is 18.4 Å². The zero-order chi connectivity index (χ0) is 14.7. The van der Waals surface area contributed by atoms with Gasteiger partial charge in [0.2, 0.25) is 0 Å². The molecule has 1 heterocycles. The Labute approximate surface area is 120 Å². The number of fused-ring (bicyclic) bond motifs is 1. The standard InChI is InChI=1S/C16H26O4/c1-9-5-6-12(17)11-7-16(13(18)15(9,11)3)10(2)8-20-14(16)19-4/h9,11-14,17-18H,2,5-8H2,1,3-4H3/t9-,11-,12-,13-,14-,15+,16?/m1/s1. The number of aliphatic hydroxyl groups is 2. The molecule has 1 unspecified atom stereocenters. The van der Waals surface area contributed by atoms with Crippen molar-refractivity contribution in [2.45, 2.75) is 51.6 Å². The number of ether oxygens (including phenoxy) is 2. The lowest BCUT2D eigenvalue weighted by molar-refractivity contribution is -0.175. The van der Waals surface area contributed by atoms with E-state index in [2.05, 4.69) is 20.4 Å². The van der Waals surface area contributed by atoms with Crippen molar-refractivity contribution in [3.63, 3.8) is 0 Å². The molecule has 114 valence electrons. The maximum atomic E-state index is 11.2. The highest BCUT2D eigenvalue weighted by Gasteiger charge is 2.69. The Morgan fingerprint density at radius 2 is 2.05 bits per heavy atom. The van der Waals surface area contributed by atoms with Crippen molar-refractivity contribution >= 4 is 0 Å². The lowest BCUT2D eigenvalue weighted by atomic mass is 9.60. The summed E-state index contributed by atoms with van der Waals surface area (Å²) in [6, 6.07) is 0. The van der Waals surface area contributed by atoms with Crippen LogP contribution in [0.25, 0.3) is 0 Å². The molecule has 0 amide bonds. The molecule has 2 N–H and O–H groups in total. The molecule has 0 radical (unpaired) electrons. The van der Waals surface area contributed by atoms with Crippen LogP contribution in [0.3, 0.4) is 0 Å². The third-order valence-electron chi connectivity index (χ3n) is 6.56. The molecule has 0 aromatic rings. The lowest BCUT2D eigenvalue weighted by Crippen LogP contribution is -2.51. The summed E-state index contributed by atoms with van der Waals surface area (Å²) in [7, 11) is 1.61. The van der Waals surface area contributed by atoms with Gasteiger partial charge in [0.05, 0.1) is 24.2 Å². The van der Waals surface area contributed by atoms with Crippen molar-refractivity contribution in [1.29, 1.82) is 0 Å². The summed E-state index contributed by atoms with van der Waals surface area (Å²) in [6.07, 6.45) is 1.09. The Hall–Kier alpha value is -0.420. The SMILES string of the molecule is C=C1CO[C@@H](OC)C12C[C@@H]1[C@H](O)CC[C@@H](C)[C@]1(C)[C@H]2O. The highest BCUT2D eigenvalue weighted by atomic mass is 16.7. The Balaban J connectivity index is 2.06. The average molecular weight is 282 g/mol. The zero-order valence-corrected chi connectivity index (χ0v) is 12.6. The van der Waals surface area contributed by atoms with Crippen LogP contribution >= 0.6 is 0 Å². The molecule has 3 rings (SSSR count). The fourth-order valence-corrected chi connectivity index (χ4v) is 5.04. The molecule has 0 aromatic carbocycles. The number of hydrogen-bond donors (Lipinski definition) is 2. The van der Waals surface area contributed by atoms with E-state index in [1.54, 1.807) is 7.11 Å². The van der Waals surface area contributed by atoms with Crippen molar-refractivity contribution < 1.29 is 19.7 Å². The topological polar surface area (TPSA) is 58.9 Å². The lowest BCUT2D eigenvalue weighted by Gasteiger charge is -2.47. The second-order valence-electron chi connectivity index (χ2n) is 7.15. The molecule has 20 heavy (non-hydrogen) atoms. The van der Waals surface area contributed by atoms with E-state index >= 15 is 0 Å². The van der Waals surface area contributed by atoms with E-state index in [0.29, 0.717) is 18.9 Å². The van der Waals surface area contributed by atoms with Gasteiger partial charge in [-0.2, -0.15) is 0 Å².